The summed E-state index contributed by atoms with van der Waals surface area (Å²) in [4.78, 5) is 17.5. The van der Waals surface area contributed by atoms with Crippen molar-refractivity contribution in [3.8, 4) is 0 Å². The summed E-state index contributed by atoms with van der Waals surface area (Å²) in [6.45, 7) is 8.90. The zero-order chi connectivity index (χ0) is 20.9. The zero-order valence-electron chi connectivity index (χ0n) is 17.7. The van der Waals surface area contributed by atoms with Gasteiger partial charge in [0.1, 0.15) is 26.2 Å². The summed E-state index contributed by atoms with van der Waals surface area (Å²) >= 11 is 0. The van der Waals surface area contributed by atoms with E-state index in [-0.39, 0.29) is 10.8 Å². The Bertz CT molecular complexity index is 770. The average molecular weight is 414 g/mol. The van der Waals surface area contributed by atoms with Gasteiger partial charge in [-0.15, -0.1) is 0 Å². The van der Waals surface area contributed by atoms with E-state index < -0.39 is 10.0 Å². The molecular formula is C19H35N5O3S+2. The van der Waals surface area contributed by atoms with Gasteiger partial charge in [0.05, 0.1) is 23.3 Å². The normalized spacial score (nSPS) is 20.2. The monoisotopic (exact) mass is 413 g/mol. The lowest BCUT2D eigenvalue weighted by molar-refractivity contribution is -0.999. The van der Waals surface area contributed by atoms with Gasteiger partial charge in [0.2, 0.25) is 10.0 Å². The predicted octanol–water partition coefficient (Wildman–Crippen LogP) is -1.87. The lowest BCUT2D eigenvalue weighted by Crippen LogP contribution is -3.27. The number of benzene rings is 1. The van der Waals surface area contributed by atoms with Crippen LogP contribution in [0.25, 0.3) is 0 Å². The van der Waals surface area contributed by atoms with E-state index in [4.69, 9.17) is 0 Å². The van der Waals surface area contributed by atoms with Crippen molar-refractivity contribution in [3.63, 3.8) is 0 Å². The quantitative estimate of drug-likeness (QED) is 0.467. The summed E-state index contributed by atoms with van der Waals surface area (Å²) in [7, 11) is 2.34. The maximum absolute atomic E-state index is 12.9. The molecule has 1 saturated heterocycles. The highest BCUT2D eigenvalue weighted by Crippen LogP contribution is 2.29. The minimum atomic E-state index is -3.58. The van der Waals surface area contributed by atoms with Crippen LogP contribution in [0.2, 0.25) is 0 Å². The molecule has 1 aliphatic rings. The largest absolute Gasteiger partial charge is 0.376 e. The molecular weight excluding hydrogens is 378 g/mol. The van der Waals surface area contributed by atoms with Crippen molar-refractivity contribution in [2.45, 2.75) is 18.7 Å². The number of nitrogens with zero attached hydrogens (tertiary/aromatic N) is 2. The Morgan fingerprint density at radius 3 is 2.25 bits per heavy atom. The topological polar surface area (TPSA) is 78.6 Å². The van der Waals surface area contributed by atoms with Gasteiger partial charge in [-0.3, -0.25) is 4.79 Å². The Balaban J connectivity index is 2.22. The number of anilines is 2. The number of quaternary nitrogens is 2. The molecule has 0 aliphatic carbocycles. The Morgan fingerprint density at radius 2 is 1.71 bits per heavy atom. The fraction of sp³-hybridized carbons (Fsp3) is 0.632. The van der Waals surface area contributed by atoms with Crippen LogP contribution in [0.4, 0.5) is 11.4 Å². The van der Waals surface area contributed by atoms with Gasteiger partial charge in [0.15, 0.2) is 6.54 Å². The van der Waals surface area contributed by atoms with Crippen molar-refractivity contribution in [1.29, 1.82) is 0 Å². The van der Waals surface area contributed by atoms with Gasteiger partial charge in [-0.05, 0) is 18.2 Å². The van der Waals surface area contributed by atoms with Gasteiger partial charge in [-0.1, -0.05) is 13.8 Å². The van der Waals surface area contributed by atoms with Gasteiger partial charge >= 0.3 is 0 Å². The number of nitrogens with one attached hydrogen (secondary N) is 3. The molecule has 1 amide bonds. The lowest BCUT2D eigenvalue weighted by atomic mass is 10.2. The summed E-state index contributed by atoms with van der Waals surface area (Å²) in [5, 5.41) is 2.95. The number of rotatable bonds is 8. The maximum atomic E-state index is 12.9. The number of hydrogen-bond acceptors (Lipinski definition) is 4. The molecule has 3 N–H and O–H groups in total. The van der Waals surface area contributed by atoms with E-state index >= 15 is 0 Å². The molecule has 1 heterocycles. The molecule has 28 heavy (non-hydrogen) atoms. The Hall–Kier alpha value is -1.68. The van der Waals surface area contributed by atoms with Crippen molar-refractivity contribution in [2.75, 3.05) is 77.2 Å². The van der Waals surface area contributed by atoms with Gasteiger partial charge in [0, 0.05) is 27.2 Å². The van der Waals surface area contributed by atoms with Crippen LogP contribution >= 0.6 is 0 Å². The molecule has 0 unspecified atom stereocenters. The van der Waals surface area contributed by atoms with Crippen LogP contribution in [-0.2, 0) is 14.8 Å². The molecule has 0 radical (unpaired) electrons. The number of sulfonamides is 1. The fourth-order valence-corrected chi connectivity index (χ4v) is 4.99. The molecule has 0 aromatic heterocycles. The highest BCUT2D eigenvalue weighted by molar-refractivity contribution is 7.89. The second-order valence-electron chi connectivity index (χ2n) is 7.59. The smallest absolute Gasteiger partial charge is 0.279 e. The summed E-state index contributed by atoms with van der Waals surface area (Å²) in [6, 6.07) is 4.93. The summed E-state index contributed by atoms with van der Waals surface area (Å²) < 4.78 is 27.1. The minimum Gasteiger partial charge on any atom is -0.376 e. The van der Waals surface area contributed by atoms with Crippen LogP contribution in [-0.4, -0.2) is 85.6 Å². The van der Waals surface area contributed by atoms with Crippen LogP contribution in [0.3, 0.4) is 0 Å². The zero-order valence-corrected chi connectivity index (χ0v) is 18.5. The summed E-state index contributed by atoms with van der Waals surface area (Å²) in [6.07, 6.45) is 0. The molecule has 2 rings (SSSR count). The lowest BCUT2D eigenvalue weighted by Gasteiger charge is -2.27. The first-order valence-corrected chi connectivity index (χ1v) is 11.4. The van der Waals surface area contributed by atoms with Crippen LogP contribution < -0.4 is 20.0 Å². The minimum absolute atomic E-state index is 0.0879. The molecule has 1 aliphatic heterocycles. The van der Waals surface area contributed by atoms with Gasteiger partial charge in [-0.25, -0.2) is 8.42 Å². The van der Waals surface area contributed by atoms with Crippen molar-refractivity contribution in [1.82, 2.24) is 4.31 Å². The maximum Gasteiger partial charge on any atom is 0.279 e. The number of hydrogen-bond donors (Lipinski definition) is 3. The van der Waals surface area contributed by atoms with Crippen molar-refractivity contribution < 1.29 is 23.0 Å². The molecule has 0 saturated carbocycles. The number of piperazine rings is 1. The fourth-order valence-electron chi connectivity index (χ4n) is 3.51. The second-order valence-corrected chi connectivity index (χ2v) is 9.53. The van der Waals surface area contributed by atoms with Crippen LogP contribution in [0.15, 0.2) is 23.1 Å². The third-order valence-corrected chi connectivity index (χ3v) is 7.33. The number of carbonyl (C=O) groups is 1. The van der Waals surface area contributed by atoms with E-state index in [1.54, 1.807) is 18.2 Å². The first kappa shape index (κ1) is 22.6. The van der Waals surface area contributed by atoms with Gasteiger partial charge in [0.25, 0.3) is 5.91 Å². The van der Waals surface area contributed by atoms with Crippen molar-refractivity contribution in [3.05, 3.63) is 18.2 Å². The van der Waals surface area contributed by atoms with E-state index in [9.17, 15) is 13.2 Å². The Morgan fingerprint density at radius 1 is 1.11 bits per heavy atom. The molecule has 158 valence electrons. The van der Waals surface area contributed by atoms with E-state index in [0.29, 0.717) is 25.3 Å². The second kappa shape index (κ2) is 9.69. The third-order valence-electron chi connectivity index (χ3n) is 5.29. The van der Waals surface area contributed by atoms with Crippen LogP contribution in [0.5, 0.6) is 0 Å². The molecule has 0 spiro atoms. The molecule has 1 aromatic rings. The standard InChI is InChI=1S/C19H33N5O3S/c1-6-24(7-2)28(26,27)16-8-9-18(21(3)4)17(14-16)20-19(25)15-23-12-10-22(5)11-13-23/h8-9,14H,6-7,10-13,15H2,1-5H3,(H,20,25)/p+2. The first-order chi connectivity index (χ1) is 13.2. The molecule has 1 aromatic carbocycles. The van der Waals surface area contributed by atoms with Crippen molar-refractivity contribution in [2.24, 2.45) is 0 Å². The number of carbonyl (C=O) groups excluding carboxylic acids is 1. The highest BCUT2D eigenvalue weighted by atomic mass is 32.2. The molecule has 8 nitrogen and oxygen atoms in total. The molecule has 0 bridgehead atoms. The van der Waals surface area contributed by atoms with E-state index in [0.717, 1.165) is 31.9 Å². The van der Waals surface area contributed by atoms with Gasteiger partial charge in [-0.2, -0.15) is 4.31 Å². The van der Waals surface area contributed by atoms with Crippen LogP contribution in [0.1, 0.15) is 13.8 Å². The average Bonchev–Trinajstić information content (AvgIpc) is 2.64. The first-order valence-electron chi connectivity index (χ1n) is 9.95. The molecule has 0 atom stereocenters. The number of likely N-dealkylation sites (N-methyl/N-ethyl adjacent to an activating group) is 1. The number of amides is 1. The Labute approximate surface area is 169 Å². The van der Waals surface area contributed by atoms with Gasteiger partial charge < -0.3 is 20.0 Å². The highest BCUT2D eigenvalue weighted by Gasteiger charge is 2.25. The summed E-state index contributed by atoms with van der Waals surface area (Å²) in [5.74, 6) is -0.0879. The SMILES string of the molecule is CCN(CC)S(=O)(=O)c1ccc(N(C)C)c(NC(=O)C[NH+]2CC[NH+](C)CC2)c1. The van der Waals surface area contributed by atoms with Crippen molar-refractivity contribution >= 4 is 27.3 Å². The molecule has 1 fully saturated rings. The molecule has 9 heteroatoms. The third kappa shape index (κ3) is 5.44. The summed E-state index contributed by atoms with van der Waals surface area (Å²) in [5.41, 5.74) is 1.31. The van der Waals surface area contributed by atoms with E-state index in [2.05, 4.69) is 12.4 Å². The van der Waals surface area contributed by atoms with E-state index in [1.807, 2.05) is 32.8 Å². The van der Waals surface area contributed by atoms with Crippen LogP contribution in [0, 0.1) is 0 Å². The Kier molecular flexibility index (Phi) is 7.82. The van der Waals surface area contributed by atoms with E-state index in [1.165, 1.54) is 14.1 Å². The predicted molar refractivity (Wildman–Crippen MR) is 112 cm³/mol.